The quantitative estimate of drug-likeness (QED) is 0.740. The van der Waals surface area contributed by atoms with E-state index in [0.29, 0.717) is 15.9 Å². The second kappa shape index (κ2) is 8.05. The zero-order chi connectivity index (χ0) is 19.5. The Morgan fingerprint density at radius 2 is 1.85 bits per heavy atom. The van der Waals surface area contributed by atoms with Gasteiger partial charge in [-0.1, -0.05) is 15.9 Å². The molecule has 0 heterocycles. The summed E-state index contributed by atoms with van der Waals surface area (Å²) in [5.74, 6) is -0.689. The minimum absolute atomic E-state index is 0.0544. The molecule has 0 bridgehead atoms. The predicted octanol–water partition coefficient (Wildman–Crippen LogP) is 3.39. The summed E-state index contributed by atoms with van der Waals surface area (Å²) in [6, 6.07) is 10.5. The minimum atomic E-state index is -3.36. The molecule has 0 saturated heterocycles. The average molecular weight is 445 g/mol. The maximum Gasteiger partial charge on any atom is 0.265 e. The van der Waals surface area contributed by atoms with Gasteiger partial charge in [0.15, 0.2) is 6.10 Å². The lowest BCUT2D eigenvalue weighted by Crippen LogP contribution is -2.30. The van der Waals surface area contributed by atoms with Gasteiger partial charge >= 0.3 is 0 Å². The van der Waals surface area contributed by atoms with Crippen molar-refractivity contribution in [3.05, 3.63) is 52.8 Å². The van der Waals surface area contributed by atoms with Gasteiger partial charge in [0.25, 0.3) is 5.91 Å². The maximum atomic E-state index is 13.8. The number of anilines is 2. The number of benzene rings is 2. The van der Waals surface area contributed by atoms with Crippen LogP contribution in [0, 0.1) is 5.82 Å². The molecular formula is C17H18BrFN2O4S. The molecule has 0 aromatic heterocycles. The van der Waals surface area contributed by atoms with E-state index in [2.05, 4.69) is 21.2 Å². The van der Waals surface area contributed by atoms with Gasteiger partial charge in [-0.25, -0.2) is 12.8 Å². The van der Waals surface area contributed by atoms with Crippen LogP contribution in [0.15, 0.2) is 46.9 Å². The van der Waals surface area contributed by atoms with Crippen molar-refractivity contribution >= 4 is 43.2 Å². The summed E-state index contributed by atoms with van der Waals surface area (Å²) in [5, 5.41) is 2.46. The van der Waals surface area contributed by atoms with Gasteiger partial charge < -0.3 is 10.1 Å². The minimum Gasteiger partial charge on any atom is -0.481 e. The van der Waals surface area contributed by atoms with Crippen LogP contribution < -0.4 is 14.4 Å². The number of halogens is 2. The number of nitrogens with one attached hydrogen (secondary N) is 1. The molecule has 0 fully saturated rings. The van der Waals surface area contributed by atoms with Gasteiger partial charge in [-0.05, 0) is 49.4 Å². The molecule has 9 heteroatoms. The number of ether oxygens (including phenoxy) is 1. The Labute approximate surface area is 160 Å². The first-order valence-electron chi connectivity index (χ1n) is 7.54. The summed E-state index contributed by atoms with van der Waals surface area (Å²) < 4.78 is 44.0. The summed E-state index contributed by atoms with van der Waals surface area (Å²) in [4.78, 5) is 12.2. The van der Waals surface area contributed by atoms with Gasteiger partial charge in [-0.2, -0.15) is 0 Å². The lowest BCUT2D eigenvalue weighted by molar-refractivity contribution is -0.122. The molecule has 0 unspecified atom stereocenters. The summed E-state index contributed by atoms with van der Waals surface area (Å²) >= 11 is 3.15. The van der Waals surface area contributed by atoms with E-state index < -0.39 is 27.9 Å². The predicted molar refractivity (Wildman–Crippen MR) is 103 cm³/mol. The molecule has 1 atom stereocenters. The van der Waals surface area contributed by atoms with Crippen molar-refractivity contribution in [3.8, 4) is 5.75 Å². The van der Waals surface area contributed by atoms with Crippen molar-refractivity contribution in [2.75, 3.05) is 22.9 Å². The molecular weight excluding hydrogens is 427 g/mol. The fraction of sp³-hybridized carbons (Fsp3) is 0.235. The Hall–Kier alpha value is -2.13. The number of carbonyl (C=O) groups is 1. The molecule has 0 radical (unpaired) electrons. The number of sulfonamides is 1. The van der Waals surface area contributed by atoms with Gasteiger partial charge in [0.2, 0.25) is 10.0 Å². The number of nitrogens with zero attached hydrogens (tertiary/aromatic N) is 1. The molecule has 0 saturated carbocycles. The van der Waals surface area contributed by atoms with E-state index in [-0.39, 0.29) is 5.69 Å². The number of rotatable bonds is 6. The van der Waals surface area contributed by atoms with Crippen LogP contribution in [0.3, 0.4) is 0 Å². The number of hydrogen-bond donors (Lipinski definition) is 1. The third-order valence-electron chi connectivity index (χ3n) is 3.57. The summed E-state index contributed by atoms with van der Waals surface area (Å²) in [5.41, 5.74) is 0.521. The smallest absolute Gasteiger partial charge is 0.265 e. The normalized spacial score (nSPS) is 12.3. The fourth-order valence-electron chi connectivity index (χ4n) is 2.01. The van der Waals surface area contributed by atoms with Gasteiger partial charge in [-0.3, -0.25) is 9.10 Å². The molecule has 1 N–H and O–H groups in total. The highest BCUT2D eigenvalue weighted by molar-refractivity contribution is 9.10. The summed E-state index contributed by atoms with van der Waals surface area (Å²) in [6.45, 7) is 1.53. The third kappa shape index (κ3) is 5.18. The lowest BCUT2D eigenvalue weighted by atomic mass is 10.2. The Kier molecular flexibility index (Phi) is 6.25. The van der Waals surface area contributed by atoms with Crippen LogP contribution in [0.1, 0.15) is 6.92 Å². The first-order valence-corrected chi connectivity index (χ1v) is 10.2. The van der Waals surface area contributed by atoms with Crippen LogP contribution in [0.2, 0.25) is 0 Å². The van der Waals surface area contributed by atoms with Crippen LogP contribution in [0.5, 0.6) is 5.75 Å². The van der Waals surface area contributed by atoms with Gasteiger partial charge in [0.05, 0.1) is 17.6 Å². The molecule has 2 aromatic rings. The monoisotopic (exact) mass is 444 g/mol. The molecule has 2 rings (SSSR count). The van der Waals surface area contributed by atoms with Gasteiger partial charge in [0, 0.05) is 11.5 Å². The molecule has 0 aliphatic rings. The van der Waals surface area contributed by atoms with Crippen molar-refractivity contribution in [2.45, 2.75) is 13.0 Å². The van der Waals surface area contributed by atoms with Crippen LogP contribution in [-0.4, -0.2) is 33.7 Å². The molecule has 0 aliphatic heterocycles. The van der Waals surface area contributed by atoms with E-state index in [1.54, 1.807) is 30.3 Å². The van der Waals surface area contributed by atoms with Crippen molar-refractivity contribution in [2.24, 2.45) is 0 Å². The van der Waals surface area contributed by atoms with Crippen molar-refractivity contribution < 1.29 is 22.3 Å². The summed E-state index contributed by atoms with van der Waals surface area (Å²) in [7, 11) is -1.92. The van der Waals surface area contributed by atoms with E-state index >= 15 is 0 Å². The van der Waals surface area contributed by atoms with Gasteiger partial charge in [-0.15, -0.1) is 0 Å². The Morgan fingerprint density at radius 3 is 2.38 bits per heavy atom. The first kappa shape index (κ1) is 20.2. The maximum absolute atomic E-state index is 13.8. The van der Waals surface area contributed by atoms with E-state index in [1.807, 2.05) is 0 Å². The topological polar surface area (TPSA) is 75.7 Å². The van der Waals surface area contributed by atoms with E-state index in [1.165, 1.54) is 26.1 Å². The molecule has 0 aliphatic carbocycles. The fourth-order valence-corrected chi connectivity index (χ4v) is 2.85. The molecule has 1 amide bonds. The zero-order valence-corrected chi connectivity index (χ0v) is 16.8. The van der Waals surface area contributed by atoms with Crippen LogP contribution in [0.25, 0.3) is 0 Å². The van der Waals surface area contributed by atoms with Crippen LogP contribution in [0.4, 0.5) is 15.8 Å². The first-order chi connectivity index (χ1) is 12.1. The summed E-state index contributed by atoms with van der Waals surface area (Å²) in [6.07, 6.45) is 0.224. The highest BCUT2D eigenvalue weighted by atomic mass is 79.9. The Morgan fingerprint density at radius 1 is 1.23 bits per heavy atom. The van der Waals surface area contributed by atoms with Gasteiger partial charge in [0.1, 0.15) is 11.6 Å². The van der Waals surface area contributed by atoms with Crippen molar-refractivity contribution in [1.29, 1.82) is 0 Å². The third-order valence-corrected chi connectivity index (χ3v) is 5.27. The lowest BCUT2D eigenvalue weighted by Gasteiger charge is -2.18. The van der Waals surface area contributed by atoms with Crippen LogP contribution >= 0.6 is 15.9 Å². The number of carbonyl (C=O) groups excluding carboxylic acids is 1. The number of hydrogen-bond acceptors (Lipinski definition) is 4. The standard InChI is InChI=1S/C17H18BrFN2O4S/c1-11(17(22)20-16-9-4-12(18)10-15(16)19)25-14-7-5-13(6-8-14)21(2)26(3,23)24/h4-11H,1-3H3,(H,20,22)/t11-/m1/s1. The highest BCUT2D eigenvalue weighted by Gasteiger charge is 2.17. The molecule has 6 nitrogen and oxygen atoms in total. The number of amides is 1. The average Bonchev–Trinajstić information content (AvgIpc) is 2.56. The Balaban J connectivity index is 2.02. The zero-order valence-electron chi connectivity index (χ0n) is 14.4. The van der Waals surface area contributed by atoms with Crippen molar-refractivity contribution in [3.63, 3.8) is 0 Å². The SMILES string of the molecule is C[C@@H](Oc1ccc(N(C)S(C)(=O)=O)cc1)C(=O)Nc1ccc(Br)cc1F. The molecule has 2 aromatic carbocycles. The second-order valence-corrected chi connectivity index (χ2v) is 8.53. The largest absolute Gasteiger partial charge is 0.481 e. The van der Waals surface area contributed by atoms with Crippen LogP contribution in [-0.2, 0) is 14.8 Å². The second-order valence-electron chi connectivity index (χ2n) is 5.60. The highest BCUT2D eigenvalue weighted by Crippen LogP contribution is 2.22. The van der Waals surface area contributed by atoms with E-state index in [4.69, 9.17) is 4.74 Å². The molecule has 140 valence electrons. The van der Waals surface area contributed by atoms with E-state index in [9.17, 15) is 17.6 Å². The molecule has 26 heavy (non-hydrogen) atoms. The van der Waals surface area contributed by atoms with E-state index in [0.717, 1.165) is 10.6 Å². The van der Waals surface area contributed by atoms with Crippen molar-refractivity contribution in [1.82, 2.24) is 0 Å². The Bertz CT molecular complexity index is 903. The molecule has 0 spiro atoms.